The average Bonchev–Trinajstić information content (AvgIpc) is 2.41. The number of nitrogens with zero attached hydrogens (tertiary/aromatic N) is 1. The summed E-state index contributed by atoms with van der Waals surface area (Å²) >= 11 is 3.56. The fraction of sp³-hybridized carbons (Fsp3) is 0.273. The minimum atomic E-state index is 0.570. The summed E-state index contributed by atoms with van der Waals surface area (Å²) in [7, 11) is 2.05. The highest BCUT2D eigenvalue weighted by Crippen LogP contribution is 2.29. The summed E-state index contributed by atoms with van der Waals surface area (Å²) < 4.78 is 3.21. The third-order valence-corrected chi connectivity index (χ3v) is 3.60. The van der Waals surface area contributed by atoms with Crippen LogP contribution >= 0.6 is 15.9 Å². The van der Waals surface area contributed by atoms with Gasteiger partial charge >= 0.3 is 0 Å². The molecule has 0 amide bonds. The van der Waals surface area contributed by atoms with E-state index < -0.39 is 0 Å². The van der Waals surface area contributed by atoms with Crippen molar-refractivity contribution in [2.24, 2.45) is 12.8 Å². The molecule has 0 saturated heterocycles. The molecule has 0 aliphatic heterocycles. The van der Waals surface area contributed by atoms with Crippen molar-refractivity contribution in [3.63, 3.8) is 0 Å². The molecule has 0 atom stereocenters. The molecule has 2 rings (SSSR count). The lowest BCUT2D eigenvalue weighted by Gasteiger charge is -1.97. The maximum atomic E-state index is 5.72. The van der Waals surface area contributed by atoms with E-state index in [4.69, 9.17) is 5.73 Å². The van der Waals surface area contributed by atoms with Crippen LogP contribution in [0.3, 0.4) is 0 Å². The molecule has 0 bridgehead atoms. The van der Waals surface area contributed by atoms with Crippen molar-refractivity contribution in [3.05, 3.63) is 33.9 Å². The maximum absolute atomic E-state index is 5.72. The Bertz CT molecular complexity index is 485. The van der Waals surface area contributed by atoms with Gasteiger partial charge in [0.1, 0.15) is 0 Å². The minimum absolute atomic E-state index is 0.570. The maximum Gasteiger partial charge on any atom is 0.0900 e. The molecule has 74 valence electrons. The van der Waals surface area contributed by atoms with Crippen LogP contribution in [0.15, 0.2) is 22.8 Å². The van der Waals surface area contributed by atoms with Crippen LogP contribution in [-0.4, -0.2) is 4.57 Å². The van der Waals surface area contributed by atoms with E-state index in [-0.39, 0.29) is 0 Å². The van der Waals surface area contributed by atoms with Gasteiger partial charge in [-0.15, -0.1) is 0 Å². The summed E-state index contributed by atoms with van der Waals surface area (Å²) in [5, 5.41) is 1.24. The van der Waals surface area contributed by atoms with E-state index >= 15 is 0 Å². The van der Waals surface area contributed by atoms with Crippen molar-refractivity contribution < 1.29 is 0 Å². The number of fused-ring (bicyclic) bond motifs is 1. The van der Waals surface area contributed by atoms with Gasteiger partial charge in [0.2, 0.25) is 0 Å². The van der Waals surface area contributed by atoms with Crippen molar-refractivity contribution in [1.82, 2.24) is 4.57 Å². The molecule has 0 saturated carbocycles. The van der Waals surface area contributed by atoms with E-state index in [1.807, 2.05) is 7.05 Å². The number of hydrogen-bond donors (Lipinski definition) is 1. The van der Waals surface area contributed by atoms with E-state index in [0.717, 1.165) is 4.60 Å². The van der Waals surface area contributed by atoms with Gasteiger partial charge in [0.05, 0.1) is 4.60 Å². The van der Waals surface area contributed by atoms with Gasteiger partial charge in [-0.3, -0.25) is 0 Å². The van der Waals surface area contributed by atoms with E-state index in [1.165, 1.54) is 22.0 Å². The predicted molar refractivity (Wildman–Crippen MR) is 63.2 cm³/mol. The van der Waals surface area contributed by atoms with Crippen molar-refractivity contribution in [2.75, 3.05) is 0 Å². The second-order valence-corrected chi connectivity index (χ2v) is 4.30. The Labute approximate surface area is 91.8 Å². The Balaban J connectivity index is 2.88. The van der Waals surface area contributed by atoms with Crippen molar-refractivity contribution in [2.45, 2.75) is 13.5 Å². The topological polar surface area (TPSA) is 30.9 Å². The second-order valence-electron chi connectivity index (χ2n) is 3.55. The van der Waals surface area contributed by atoms with Gasteiger partial charge in [0, 0.05) is 30.1 Å². The molecule has 0 fully saturated rings. The summed E-state index contributed by atoms with van der Waals surface area (Å²) in [4.78, 5) is 0. The van der Waals surface area contributed by atoms with Gasteiger partial charge in [-0.2, -0.15) is 0 Å². The summed E-state index contributed by atoms with van der Waals surface area (Å²) in [6.07, 6.45) is 0. The molecule has 0 aliphatic rings. The number of nitrogens with two attached hydrogens (primary N) is 1. The number of rotatable bonds is 1. The number of halogens is 1. The molecule has 1 aromatic carbocycles. The lowest BCUT2D eigenvalue weighted by Crippen LogP contribution is -1.96. The summed E-state index contributed by atoms with van der Waals surface area (Å²) in [5.41, 5.74) is 9.41. The Kier molecular flexibility index (Phi) is 2.37. The molecular formula is C11H13BrN2. The van der Waals surface area contributed by atoms with E-state index in [9.17, 15) is 0 Å². The standard InChI is InChI=1S/C11H13BrN2/c1-7-3-4-8-9(6-13)11(12)14(2)10(8)5-7/h3-5H,6,13H2,1-2H3. The van der Waals surface area contributed by atoms with Crippen LogP contribution in [0.4, 0.5) is 0 Å². The quantitative estimate of drug-likeness (QED) is 0.832. The lowest BCUT2D eigenvalue weighted by molar-refractivity contribution is 0.917. The first-order valence-electron chi connectivity index (χ1n) is 4.58. The third-order valence-electron chi connectivity index (χ3n) is 2.59. The van der Waals surface area contributed by atoms with Gasteiger partial charge in [-0.1, -0.05) is 12.1 Å². The molecule has 2 nitrogen and oxygen atoms in total. The number of hydrogen-bond acceptors (Lipinski definition) is 1. The van der Waals surface area contributed by atoms with Crippen LogP contribution in [-0.2, 0) is 13.6 Å². The van der Waals surface area contributed by atoms with Crippen LogP contribution in [0.25, 0.3) is 10.9 Å². The zero-order chi connectivity index (χ0) is 10.3. The molecular weight excluding hydrogens is 240 g/mol. The molecule has 0 radical (unpaired) electrons. The molecule has 3 heteroatoms. The lowest BCUT2D eigenvalue weighted by atomic mass is 10.1. The highest BCUT2D eigenvalue weighted by atomic mass is 79.9. The highest BCUT2D eigenvalue weighted by molar-refractivity contribution is 9.10. The van der Waals surface area contributed by atoms with Gasteiger partial charge in [-0.25, -0.2) is 0 Å². The minimum Gasteiger partial charge on any atom is -0.338 e. The monoisotopic (exact) mass is 252 g/mol. The molecule has 0 spiro atoms. The fourth-order valence-corrected chi connectivity index (χ4v) is 2.35. The van der Waals surface area contributed by atoms with E-state index in [0.29, 0.717) is 6.54 Å². The molecule has 1 heterocycles. The van der Waals surface area contributed by atoms with Crippen LogP contribution in [0, 0.1) is 6.92 Å². The fourth-order valence-electron chi connectivity index (χ4n) is 1.79. The largest absolute Gasteiger partial charge is 0.338 e. The second kappa shape index (κ2) is 3.41. The van der Waals surface area contributed by atoms with E-state index in [1.54, 1.807) is 0 Å². The van der Waals surface area contributed by atoms with Gasteiger partial charge < -0.3 is 10.3 Å². The normalized spacial score (nSPS) is 11.1. The molecule has 0 unspecified atom stereocenters. The van der Waals surface area contributed by atoms with Gasteiger partial charge in [-0.05, 0) is 34.5 Å². The molecule has 2 N–H and O–H groups in total. The van der Waals surface area contributed by atoms with Crippen molar-refractivity contribution in [1.29, 1.82) is 0 Å². The SMILES string of the molecule is Cc1ccc2c(CN)c(Br)n(C)c2c1. The molecule has 2 aromatic rings. The van der Waals surface area contributed by atoms with Gasteiger partial charge in [0.25, 0.3) is 0 Å². The Morgan fingerprint density at radius 1 is 1.43 bits per heavy atom. The van der Waals surface area contributed by atoms with Crippen LogP contribution < -0.4 is 5.73 Å². The predicted octanol–water partition coefficient (Wildman–Crippen LogP) is 2.71. The average molecular weight is 253 g/mol. The summed E-state index contributed by atoms with van der Waals surface area (Å²) in [5.74, 6) is 0. The molecule has 1 aromatic heterocycles. The zero-order valence-electron chi connectivity index (χ0n) is 8.34. The Morgan fingerprint density at radius 3 is 2.79 bits per heavy atom. The van der Waals surface area contributed by atoms with Crippen molar-refractivity contribution in [3.8, 4) is 0 Å². The third kappa shape index (κ3) is 1.28. The highest BCUT2D eigenvalue weighted by Gasteiger charge is 2.10. The molecule has 14 heavy (non-hydrogen) atoms. The summed E-state index contributed by atoms with van der Waals surface area (Å²) in [6.45, 7) is 2.67. The summed E-state index contributed by atoms with van der Waals surface area (Å²) in [6, 6.07) is 6.44. The zero-order valence-corrected chi connectivity index (χ0v) is 9.93. The Hall–Kier alpha value is -0.800. The molecule has 0 aliphatic carbocycles. The number of aromatic nitrogens is 1. The van der Waals surface area contributed by atoms with Gasteiger partial charge in [0.15, 0.2) is 0 Å². The smallest absolute Gasteiger partial charge is 0.0900 e. The van der Waals surface area contributed by atoms with Crippen molar-refractivity contribution >= 4 is 26.8 Å². The van der Waals surface area contributed by atoms with Crippen LogP contribution in [0.2, 0.25) is 0 Å². The first-order chi connectivity index (χ1) is 6.65. The van der Waals surface area contributed by atoms with Crippen LogP contribution in [0.1, 0.15) is 11.1 Å². The number of benzene rings is 1. The first-order valence-corrected chi connectivity index (χ1v) is 5.38. The van der Waals surface area contributed by atoms with E-state index in [2.05, 4.69) is 45.6 Å². The number of aryl methyl sites for hydroxylation is 2. The first kappa shape index (κ1) is 9.74. The Morgan fingerprint density at radius 2 is 2.14 bits per heavy atom. The van der Waals surface area contributed by atoms with Crippen LogP contribution in [0.5, 0.6) is 0 Å².